The van der Waals surface area contributed by atoms with Gasteiger partial charge < -0.3 is 20.7 Å². The number of aromatic nitrogens is 4. The second-order valence-electron chi connectivity index (χ2n) is 4.39. The maximum absolute atomic E-state index is 10.0. The molecule has 0 saturated carbocycles. The van der Waals surface area contributed by atoms with E-state index in [1.54, 1.807) is 11.5 Å². The first-order valence-electron chi connectivity index (χ1n) is 5.66. The zero-order valence-electron chi connectivity index (χ0n) is 9.93. The molecule has 1 saturated heterocycles. The van der Waals surface area contributed by atoms with Crippen LogP contribution in [0.5, 0.6) is 0 Å². The molecule has 0 radical (unpaired) electrons. The minimum Gasteiger partial charge on any atom is -0.388 e. The molecular formula is C10H12BrN5O3. The van der Waals surface area contributed by atoms with E-state index < -0.39 is 24.5 Å². The smallest absolute Gasteiger partial charge is 0.181 e. The standard InChI is InChI=1S/C10H12BrN5O3/c1-3-5(17)6(18)9(19-3)16-8-4(15-10(16)11)7(12)13-2-14-8/h2-3,5-6,9,17-18H,1H3,(H2,12,13,14)/t3-,5-,6-,9-/m1/s1. The van der Waals surface area contributed by atoms with Gasteiger partial charge in [0, 0.05) is 0 Å². The predicted octanol–water partition coefficient (Wildman–Crippen LogP) is -0.190. The molecule has 1 aliphatic rings. The number of imidazole rings is 1. The Morgan fingerprint density at radius 3 is 2.74 bits per heavy atom. The highest BCUT2D eigenvalue weighted by atomic mass is 79.9. The van der Waals surface area contributed by atoms with Crippen molar-refractivity contribution in [2.45, 2.75) is 31.5 Å². The fourth-order valence-corrected chi connectivity index (χ4v) is 2.71. The van der Waals surface area contributed by atoms with Gasteiger partial charge in [0.05, 0.1) is 6.10 Å². The highest BCUT2D eigenvalue weighted by Crippen LogP contribution is 2.34. The van der Waals surface area contributed by atoms with Gasteiger partial charge >= 0.3 is 0 Å². The lowest BCUT2D eigenvalue weighted by Gasteiger charge is -2.17. The SMILES string of the molecule is C[C@H]1O[C@@H](n2c(Br)nc3c(N)ncnc32)[C@H](O)[C@@H]1O. The second kappa shape index (κ2) is 4.37. The van der Waals surface area contributed by atoms with Crippen molar-refractivity contribution in [1.82, 2.24) is 19.5 Å². The van der Waals surface area contributed by atoms with Crippen LogP contribution in [0, 0.1) is 0 Å². The average molecular weight is 330 g/mol. The minimum absolute atomic E-state index is 0.241. The predicted molar refractivity (Wildman–Crippen MR) is 69.0 cm³/mol. The molecule has 0 spiro atoms. The fourth-order valence-electron chi connectivity index (χ4n) is 2.17. The van der Waals surface area contributed by atoms with Crippen molar-refractivity contribution in [2.75, 3.05) is 5.73 Å². The summed E-state index contributed by atoms with van der Waals surface area (Å²) in [6.07, 6.45) is -1.99. The van der Waals surface area contributed by atoms with Crippen LogP contribution in [0.25, 0.3) is 11.2 Å². The van der Waals surface area contributed by atoms with E-state index in [1.807, 2.05) is 0 Å². The largest absolute Gasteiger partial charge is 0.388 e. The van der Waals surface area contributed by atoms with E-state index in [1.165, 1.54) is 6.33 Å². The molecule has 0 aromatic carbocycles. The van der Waals surface area contributed by atoms with E-state index in [-0.39, 0.29) is 5.82 Å². The summed E-state index contributed by atoms with van der Waals surface area (Å²) < 4.78 is 7.50. The van der Waals surface area contributed by atoms with Crippen molar-refractivity contribution >= 4 is 32.9 Å². The van der Waals surface area contributed by atoms with E-state index in [2.05, 4.69) is 30.9 Å². The van der Waals surface area contributed by atoms with E-state index in [4.69, 9.17) is 10.5 Å². The summed E-state index contributed by atoms with van der Waals surface area (Å²) in [4.78, 5) is 12.2. The van der Waals surface area contributed by atoms with Crippen molar-refractivity contribution in [3.8, 4) is 0 Å². The van der Waals surface area contributed by atoms with Gasteiger partial charge in [-0.15, -0.1) is 0 Å². The van der Waals surface area contributed by atoms with E-state index >= 15 is 0 Å². The summed E-state index contributed by atoms with van der Waals surface area (Å²) in [6, 6.07) is 0. The number of anilines is 1. The molecule has 0 amide bonds. The molecule has 8 nitrogen and oxygen atoms in total. The number of fused-ring (bicyclic) bond motifs is 1. The van der Waals surface area contributed by atoms with Crippen LogP contribution >= 0.6 is 15.9 Å². The zero-order valence-corrected chi connectivity index (χ0v) is 11.5. The van der Waals surface area contributed by atoms with Gasteiger partial charge in [-0.1, -0.05) is 0 Å². The first-order chi connectivity index (χ1) is 9.00. The number of hydrogen-bond acceptors (Lipinski definition) is 7. The van der Waals surface area contributed by atoms with Gasteiger partial charge in [0.25, 0.3) is 0 Å². The molecule has 4 N–H and O–H groups in total. The van der Waals surface area contributed by atoms with Crippen LogP contribution in [0.2, 0.25) is 0 Å². The Balaban J connectivity index is 2.16. The van der Waals surface area contributed by atoms with Gasteiger partial charge in [0.1, 0.15) is 18.5 Å². The first-order valence-corrected chi connectivity index (χ1v) is 6.45. The van der Waals surface area contributed by atoms with Gasteiger partial charge in [0.15, 0.2) is 27.9 Å². The number of ether oxygens (including phenoxy) is 1. The summed E-state index contributed by atoms with van der Waals surface area (Å²) in [5, 5.41) is 19.8. The molecule has 0 bridgehead atoms. The molecule has 1 fully saturated rings. The topological polar surface area (TPSA) is 119 Å². The summed E-state index contributed by atoms with van der Waals surface area (Å²) in [7, 11) is 0. The van der Waals surface area contributed by atoms with Crippen molar-refractivity contribution in [3.63, 3.8) is 0 Å². The van der Waals surface area contributed by atoms with E-state index in [0.717, 1.165) is 0 Å². The number of nitrogens with two attached hydrogens (primary N) is 1. The maximum atomic E-state index is 10.0. The van der Waals surface area contributed by atoms with Crippen molar-refractivity contribution < 1.29 is 14.9 Å². The lowest BCUT2D eigenvalue weighted by Crippen LogP contribution is -2.30. The fraction of sp³-hybridized carbons (Fsp3) is 0.500. The second-order valence-corrected chi connectivity index (χ2v) is 5.10. The number of aliphatic hydroxyl groups excluding tert-OH is 2. The molecular weight excluding hydrogens is 318 g/mol. The van der Waals surface area contributed by atoms with Crippen LogP contribution in [0.15, 0.2) is 11.1 Å². The van der Waals surface area contributed by atoms with Gasteiger partial charge in [-0.25, -0.2) is 15.0 Å². The number of halogens is 1. The third-order valence-corrected chi connectivity index (χ3v) is 3.75. The highest BCUT2D eigenvalue weighted by molar-refractivity contribution is 9.10. The summed E-state index contributed by atoms with van der Waals surface area (Å²) in [5.41, 5.74) is 6.58. The molecule has 2 aromatic rings. The normalized spacial score (nSPS) is 31.2. The molecule has 3 heterocycles. The van der Waals surface area contributed by atoms with Crippen LogP contribution in [0.3, 0.4) is 0 Å². The molecule has 9 heteroatoms. The van der Waals surface area contributed by atoms with Crippen LogP contribution in [0.4, 0.5) is 5.82 Å². The van der Waals surface area contributed by atoms with Crippen molar-refractivity contribution in [2.24, 2.45) is 0 Å². The zero-order chi connectivity index (χ0) is 13.7. The molecule has 102 valence electrons. The number of hydrogen-bond donors (Lipinski definition) is 3. The molecule has 19 heavy (non-hydrogen) atoms. The number of rotatable bonds is 1. The van der Waals surface area contributed by atoms with Crippen LogP contribution in [-0.2, 0) is 4.74 Å². The van der Waals surface area contributed by atoms with E-state index in [0.29, 0.717) is 15.9 Å². The molecule has 3 rings (SSSR count). The Bertz CT molecular complexity index is 633. The van der Waals surface area contributed by atoms with E-state index in [9.17, 15) is 10.2 Å². The van der Waals surface area contributed by atoms with Crippen LogP contribution in [-0.4, -0.2) is 48.0 Å². The Hall–Kier alpha value is -1.29. The molecule has 2 aromatic heterocycles. The summed E-state index contributed by atoms with van der Waals surface area (Å²) in [5.74, 6) is 0.241. The van der Waals surface area contributed by atoms with Gasteiger partial charge in [-0.2, -0.15) is 0 Å². The molecule has 0 aliphatic carbocycles. The van der Waals surface area contributed by atoms with Crippen LogP contribution in [0.1, 0.15) is 13.2 Å². The van der Waals surface area contributed by atoms with Crippen molar-refractivity contribution in [3.05, 3.63) is 11.1 Å². The first kappa shape index (κ1) is 12.7. The number of aliphatic hydroxyl groups is 2. The molecule has 4 atom stereocenters. The Labute approximate surface area is 116 Å². The van der Waals surface area contributed by atoms with Gasteiger partial charge in [-0.3, -0.25) is 4.57 Å². The minimum atomic E-state index is -1.07. The highest BCUT2D eigenvalue weighted by Gasteiger charge is 2.42. The molecule has 0 unspecified atom stereocenters. The van der Waals surface area contributed by atoms with Gasteiger partial charge in [0.2, 0.25) is 0 Å². The summed E-state index contributed by atoms with van der Waals surface area (Å²) >= 11 is 3.28. The van der Waals surface area contributed by atoms with Gasteiger partial charge in [-0.05, 0) is 22.9 Å². The summed E-state index contributed by atoms with van der Waals surface area (Å²) in [6.45, 7) is 1.68. The Morgan fingerprint density at radius 1 is 1.37 bits per heavy atom. The van der Waals surface area contributed by atoms with Crippen molar-refractivity contribution in [1.29, 1.82) is 0 Å². The third kappa shape index (κ3) is 1.81. The Morgan fingerprint density at radius 2 is 2.11 bits per heavy atom. The number of nitrogens with zero attached hydrogens (tertiary/aromatic N) is 4. The number of nitrogen functional groups attached to an aromatic ring is 1. The molecule has 1 aliphatic heterocycles. The lowest BCUT2D eigenvalue weighted by atomic mass is 10.1. The van der Waals surface area contributed by atoms with Crippen LogP contribution < -0.4 is 5.73 Å². The quantitative estimate of drug-likeness (QED) is 0.620. The lowest BCUT2D eigenvalue weighted by molar-refractivity contribution is -0.0313. The maximum Gasteiger partial charge on any atom is 0.181 e. The Kier molecular flexibility index (Phi) is 2.93. The third-order valence-electron chi connectivity index (χ3n) is 3.19. The average Bonchev–Trinajstić information content (AvgIpc) is 2.83. The monoisotopic (exact) mass is 329 g/mol.